The summed E-state index contributed by atoms with van der Waals surface area (Å²) in [4.78, 5) is 11.0. The van der Waals surface area contributed by atoms with Crippen molar-refractivity contribution in [2.45, 2.75) is 6.29 Å². The number of ether oxygens (including phenoxy) is 2. The second-order valence-corrected chi connectivity index (χ2v) is 3.21. The van der Waals surface area contributed by atoms with E-state index < -0.39 is 12.3 Å². The zero-order valence-electron chi connectivity index (χ0n) is 8.64. The van der Waals surface area contributed by atoms with Crippen LogP contribution in [0.25, 0.3) is 0 Å². The maximum absolute atomic E-state index is 11.0. The van der Waals surface area contributed by atoms with Gasteiger partial charge in [0.1, 0.15) is 5.75 Å². The van der Waals surface area contributed by atoms with Crippen LogP contribution in [0.15, 0.2) is 36.0 Å². The van der Waals surface area contributed by atoms with Gasteiger partial charge in [0.2, 0.25) is 6.29 Å². The normalized spacial score (nSPS) is 20.6. The molecule has 5 nitrogen and oxygen atoms in total. The summed E-state index contributed by atoms with van der Waals surface area (Å²) < 4.78 is 9.67. The first-order chi connectivity index (χ1) is 7.70. The summed E-state index contributed by atoms with van der Waals surface area (Å²) in [6.45, 7) is 0. The number of nitrogens with one attached hydrogen (secondary N) is 1. The molecule has 1 aromatic rings. The van der Waals surface area contributed by atoms with Crippen LogP contribution in [-0.4, -0.2) is 24.5 Å². The third kappa shape index (κ3) is 1.99. The summed E-state index contributed by atoms with van der Waals surface area (Å²) in [5, 5.41) is 12.5. The highest BCUT2D eigenvalue weighted by Crippen LogP contribution is 2.31. The Morgan fingerprint density at radius 3 is 3.06 bits per heavy atom. The molecule has 0 spiro atoms. The maximum Gasteiger partial charge on any atom is 0.332 e. The summed E-state index contributed by atoms with van der Waals surface area (Å²) in [7, 11) is 1.27. The van der Waals surface area contributed by atoms with E-state index >= 15 is 0 Å². The predicted molar refractivity (Wildman–Crippen MR) is 56.8 cm³/mol. The van der Waals surface area contributed by atoms with Gasteiger partial charge in [0.25, 0.3) is 0 Å². The lowest BCUT2D eigenvalue weighted by molar-refractivity contribution is -0.135. The third-order valence-electron chi connectivity index (χ3n) is 2.15. The lowest BCUT2D eigenvalue weighted by Gasteiger charge is -2.25. The van der Waals surface area contributed by atoms with Crippen LogP contribution in [0.3, 0.4) is 0 Å². The van der Waals surface area contributed by atoms with Crippen molar-refractivity contribution in [3.8, 4) is 5.75 Å². The predicted octanol–water partition coefficient (Wildman–Crippen LogP) is 0.866. The molecule has 5 heteroatoms. The first-order valence-corrected chi connectivity index (χ1v) is 4.71. The van der Waals surface area contributed by atoms with Gasteiger partial charge >= 0.3 is 5.97 Å². The maximum atomic E-state index is 11.0. The smallest absolute Gasteiger partial charge is 0.332 e. The number of carbonyl (C=O) groups excluding carboxylic acids is 1. The molecule has 0 fully saturated rings. The fourth-order valence-corrected chi connectivity index (χ4v) is 1.37. The number of esters is 1. The molecule has 1 aliphatic heterocycles. The molecule has 0 saturated heterocycles. The van der Waals surface area contributed by atoms with Crippen LogP contribution in [0.4, 0.5) is 5.69 Å². The minimum Gasteiger partial charge on any atom is -0.466 e. The van der Waals surface area contributed by atoms with Gasteiger partial charge in [0, 0.05) is 6.08 Å². The SMILES string of the molecule is COC(=O)/C=C1\Nc2ccccc2OC1O. The lowest BCUT2D eigenvalue weighted by Crippen LogP contribution is -2.29. The summed E-state index contributed by atoms with van der Waals surface area (Å²) in [6, 6.07) is 7.12. The Balaban J connectivity index is 2.28. The largest absolute Gasteiger partial charge is 0.466 e. The van der Waals surface area contributed by atoms with E-state index in [1.807, 2.05) is 6.07 Å². The Hall–Kier alpha value is -2.01. The number of para-hydroxylation sites is 2. The zero-order chi connectivity index (χ0) is 11.5. The molecule has 0 radical (unpaired) electrons. The Morgan fingerprint density at radius 2 is 2.31 bits per heavy atom. The summed E-state index contributed by atoms with van der Waals surface area (Å²) in [5.41, 5.74) is 0.952. The Bertz CT molecular complexity index is 441. The quantitative estimate of drug-likeness (QED) is 0.544. The van der Waals surface area contributed by atoms with Gasteiger partial charge in [0.05, 0.1) is 18.5 Å². The average molecular weight is 221 g/mol. The topological polar surface area (TPSA) is 67.8 Å². The van der Waals surface area contributed by atoms with Crippen molar-refractivity contribution in [1.29, 1.82) is 0 Å². The van der Waals surface area contributed by atoms with Gasteiger partial charge < -0.3 is 19.9 Å². The van der Waals surface area contributed by atoms with Crippen molar-refractivity contribution in [3.05, 3.63) is 36.0 Å². The van der Waals surface area contributed by atoms with Crippen molar-refractivity contribution in [1.82, 2.24) is 0 Å². The van der Waals surface area contributed by atoms with E-state index in [4.69, 9.17) is 4.74 Å². The van der Waals surface area contributed by atoms with Crippen molar-refractivity contribution in [2.75, 3.05) is 12.4 Å². The van der Waals surface area contributed by atoms with Gasteiger partial charge in [-0.15, -0.1) is 0 Å². The number of methoxy groups -OCH3 is 1. The fourth-order valence-electron chi connectivity index (χ4n) is 1.37. The number of aliphatic hydroxyl groups excluding tert-OH is 1. The van der Waals surface area contributed by atoms with E-state index in [0.29, 0.717) is 11.4 Å². The molecule has 1 aromatic carbocycles. The Kier molecular flexibility index (Phi) is 2.78. The van der Waals surface area contributed by atoms with E-state index in [1.54, 1.807) is 18.2 Å². The highest BCUT2D eigenvalue weighted by molar-refractivity contribution is 5.84. The highest BCUT2D eigenvalue weighted by Gasteiger charge is 2.22. The van der Waals surface area contributed by atoms with Crippen LogP contribution < -0.4 is 10.1 Å². The summed E-state index contributed by atoms with van der Waals surface area (Å²) in [6.07, 6.45) is -0.0327. The van der Waals surface area contributed by atoms with Gasteiger partial charge in [-0.1, -0.05) is 12.1 Å². The molecule has 1 aliphatic rings. The first kappa shape index (κ1) is 10.5. The molecule has 0 aliphatic carbocycles. The summed E-state index contributed by atoms with van der Waals surface area (Å²) in [5.74, 6) is -0.0125. The molecule has 1 atom stereocenters. The molecule has 2 N–H and O–H groups in total. The molecular weight excluding hydrogens is 210 g/mol. The lowest BCUT2D eigenvalue weighted by atomic mass is 10.2. The van der Waals surface area contributed by atoms with Gasteiger partial charge in [-0.05, 0) is 12.1 Å². The molecule has 0 amide bonds. The second-order valence-electron chi connectivity index (χ2n) is 3.21. The van der Waals surface area contributed by atoms with E-state index in [2.05, 4.69) is 10.1 Å². The highest BCUT2D eigenvalue weighted by atomic mass is 16.6. The van der Waals surface area contributed by atoms with Crippen LogP contribution in [0, 0.1) is 0 Å². The van der Waals surface area contributed by atoms with E-state index in [-0.39, 0.29) is 5.70 Å². The third-order valence-corrected chi connectivity index (χ3v) is 2.15. The zero-order valence-corrected chi connectivity index (χ0v) is 8.64. The van der Waals surface area contributed by atoms with Crippen LogP contribution in [0.1, 0.15) is 0 Å². The average Bonchev–Trinajstić information content (AvgIpc) is 2.30. The number of fused-ring (bicyclic) bond motifs is 1. The van der Waals surface area contributed by atoms with Crippen molar-refractivity contribution in [3.63, 3.8) is 0 Å². The summed E-state index contributed by atoms with van der Waals surface area (Å²) >= 11 is 0. The number of carbonyl (C=O) groups is 1. The van der Waals surface area contributed by atoms with Crippen molar-refractivity contribution < 1.29 is 19.4 Å². The Morgan fingerprint density at radius 1 is 1.56 bits per heavy atom. The number of hydrogen-bond donors (Lipinski definition) is 2. The van der Waals surface area contributed by atoms with Crippen molar-refractivity contribution in [2.24, 2.45) is 0 Å². The standard InChI is InChI=1S/C11H11NO4/c1-15-10(13)6-8-11(14)16-9-5-3-2-4-7(9)12-8/h2-6,11-12,14H,1H3/b8-6-. The first-order valence-electron chi connectivity index (χ1n) is 4.71. The van der Waals surface area contributed by atoms with Crippen LogP contribution in [-0.2, 0) is 9.53 Å². The number of hydrogen-bond acceptors (Lipinski definition) is 5. The Labute approximate surface area is 92.3 Å². The van der Waals surface area contributed by atoms with Crippen molar-refractivity contribution >= 4 is 11.7 Å². The molecule has 0 saturated carbocycles. The number of benzene rings is 1. The van der Waals surface area contributed by atoms with Crippen LogP contribution in [0.5, 0.6) is 5.75 Å². The number of aliphatic hydroxyl groups is 1. The van der Waals surface area contributed by atoms with Gasteiger partial charge in [-0.2, -0.15) is 0 Å². The fraction of sp³-hybridized carbons (Fsp3) is 0.182. The molecular formula is C11H11NO4. The van der Waals surface area contributed by atoms with Crippen LogP contribution >= 0.6 is 0 Å². The minimum atomic E-state index is -1.19. The minimum absolute atomic E-state index is 0.255. The molecule has 1 heterocycles. The van der Waals surface area contributed by atoms with Gasteiger partial charge in [-0.3, -0.25) is 0 Å². The number of anilines is 1. The molecule has 84 valence electrons. The van der Waals surface area contributed by atoms with Gasteiger partial charge in [0.15, 0.2) is 0 Å². The second kappa shape index (κ2) is 4.24. The monoisotopic (exact) mass is 221 g/mol. The molecule has 0 aromatic heterocycles. The number of rotatable bonds is 1. The van der Waals surface area contributed by atoms with E-state index in [9.17, 15) is 9.90 Å². The van der Waals surface area contributed by atoms with E-state index in [0.717, 1.165) is 6.08 Å². The van der Waals surface area contributed by atoms with Crippen LogP contribution in [0.2, 0.25) is 0 Å². The van der Waals surface area contributed by atoms with E-state index in [1.165, 1.54) is 7.11 Å². The van der Waals surface area contributed by atoms with Gasteiger partial charge in [-0.25, -0.2) is 4.79 Å². The molecule has 2 rings (SSSR count). The molecule has 16 heavy (non-hydrogen) atoms. The molecule has 0 bridgehead atoms. The molecule has 1 unspecified atom stereocenters.